The maximum atomic E-state index is 11.7. The average Bonchev–Trinajstić information content (AvgIpc) is 3.23. The molecule has 29 heavy (non-hydrogen) atoms. The fourth-order valence-electron chi connectivity index (χ4n) is 3.23. The predicted octanol–water partition coefficient (Wildman–Crippen LogP) is 5.79. The Bertz CT molecular complexity index is 917. The Morgan fingerprint density at radius 1 is 1.03 bits per heavy atom. The van der Waals surface area contributed by atoms with Gasteiger partial charge in [-0.15, -0.1) is 11.3 Å². The Morgan fingerprint density at radius 3 is 2.28 bits per heavy atom. The van der Waals surface area contributed by atoms with Crippen molar-refractivity contribution in [3.63, 3.8) is 0 Å². The van der Waals surface area contributed by atoms with E-state index in [2.05, 4.69) is 5.32 Å². The van der Waals surface area contributed by atoms with Crippen LogP contribution in [0.3, 0.4) is 0 Å². The van der Waals surface area contributed by atoms with E-state index in [0.717, 1.165) is 42.3 Å². The van der Waals surface area contributed by atoms with Crippen molar-refractivity contribution in [3.8, 4) is 22.8 Å². The van der Waals surface area contributed by atoms with Crippen LogP contribution >= 0.6 is 11.3 Å². The Kier molecular flexibility index (Phi) is 7.38. The highest BCUT2D eigenvalue weighted by Gasteiger charge is 2.24. The molecule has 6 heteroatoms. The molecule has 0 unspecified atom stereocenters. The van der Waals surface area contributed by atoms with E-state index in [1.54, 1.807) is 0 Å². The molecule has 1 aliphatic rings. The number of rotatable bonds is 5. The van der Waals surface area contributed by atoms with Gasteiger partial charge in [-0.3, -0.25) is 0 Å². The highest BCUT2D eigenvalue weighted by Crippen LogP contribution is 2.36. The van der Waals surface area contributed by atoms with E-state index < -0.39 is 5.97 Å². The Hall–Kier alpha value is -2.70. The fraction of sp³-hybridized carbons (Fsp3) is 0.304. The first kappa shape index (κ1) is 21.0. The molecule has 2 aromatic carbocycles. The van der Waals surface area contributed by atoms with E-state index in [1.807, 2.05) is 68.4 Å². The number of para-hydroxylation sites is 1. The van der Waals surface area contributed by atoms with Crippen LogP contribution in [0.5, 0.6) is 11.5 Å². The van der Waals surface area contributed by atoms with Crippen LogP contribution in [0, 0.1) is 0 Å². The zero-order chi connectivity index (χ0) is 20.6. The molecule has 2 heterocycles. The van der Waals surface area contributed by atoms with E-state index in [1.165, 1.54) is 11.3 Å². The minimum Gasteiger partial charge on any atom is -0.477 e. The van der Waals surface area contributed by atoms with Crippen LogP contribution in [-0.4, -0.2) is 29.1 Å². The first-order chi connectivity index (χ1) is 14.2. The highest BCUT2D eigenvalue weighted by molar-refractivity contribution is 7.14. The van der Waals surface area contributed by atoms with Crippen molar-refractivity contribution in [1.29, 1.82) is 0 Å². The van der Waals surface area contributed by atoms with E-state index >= 15 is 0 Å². The first-order valence-corrected chi connectivity index (χ1v) is 10.8. The van der Waals surface area contributed by atoms with E-state index in [0.29, 0.717) is 22.2 Å². The lowest BCUT2D eigenvalue weighted by molar-refractivity contribution is 0.0702. The number of aromatic carboxylic acids is 1. The summed E-state index contributed by atoms with van der Waals surface area (Å²) in [6.07, 6.45) is 1.99. The number of hydrogen-bond acceptors (Lipinski definition) is 5. The number of ether oxygens (including phenoxy) is 1. The SMILES string of the molecule is CC.O=C(O)c1sc(C2CCNCC2)nc1-c1ccc(Oc2ccccc2)cc1. The number of benzene rings is 2. The molecule has 0 atom stereocenters. The molecule has 0 aliphatic carbocycles. The van der Waals surface area contributed by atoms with Crippen molar-refractivity contribution < 1.29 is 14.6 Å². The molecule has 0 amide bonds. The minimum absolute atomic E-state index is 0.306. The number of carboxylic acid groups (broad SMARTS) is 1. The molecule has 4 rings (SSSR count). The van der Waals surface area contributed by atoms with Gasteiger partial charge in [0.15, 0.2) is 0 Å². The second kappa shape index (κ2) is 10.2. The summed E-state index contributed by atoms with van der Waals surface area (Å²) in [5.74, 6) is 0.880. The summed E-state index contributed by atoms with van der Waals surface area (Å²) in [6, 6.07) is 17.0. The number of thiazole rings is 1. The van der Waals surface area contributed by atoms with E-state index in [9.17, 15) is 9.90 Å². The van der Waals surface area contributed by atoms with Crippen LogP contribution in [0.1, 0.15) is 47.3 Å². The summed E-state index contributed by atoms with van der Waals surface area (Å²) in [6.45, 7) is 5.90. The second-order valence-corrected chi connectivity index (χ2v) is 7.53. The molecule has 0 bridgehead atoms. The lowest BCUT2D eigenvalue weighted by atomic mass is 9.99. The quantitative estimate of drug-likeness (QED) is 0.557. The number of nitrogens with zero attached hydrogens (tertiary/aromatic N) is 1. The number of aromatic nitrogens is 1. The fourth-order valence-corrected chi connectivity index (χ4v) is 4.32. The van der Waals surface area contributed by atoms with Crippen molar-refractivity contribution in [2.75, 3.05) is 13.1 Å². The number of hydrogen-bond donors (Lipinski definition) is 2. The van der Waals surface area contributed by atoms with Crippen LogP contribution in [0.2, 0.25) is 0 Å². The lowest BCUT2D eigenvalue weighted by Crippen LogP contribution is -2.26. The number of carbonyl (C=O) groups is 1. The Morgan fingerprint density at radius 2 is 1.66 bits per heavy atom. The topological polar surface area (TPSA) is 71.5 Å². The molecular formula is C23H26N2O3S. The van der Waals surface area contributed by atoms with Crippen LogP contribution in [-0.2, 0) is 0 Å². The summed E-state index contributed by atoms with van der Waals surface area (Å²) in [5, 5.41) is 13.9. The van der Waals surface area contributed by atoms with Gasteiger partial charge < -0.3 is 15.2 Å². The summed E-state index contributed by atoms with van der Waals surface area (Å²) >= 11 is 1.31. The van der Waals surface area contributed by atoms with E-state index in [-0.39, 0.29) is 0 Å². The van der Waals surface area contributed by atoms with Crippen molar-refractivity contribution in [3.05, 3.63) is 64.5 Å². The molecule has 3 aromatic rings. The van der Waals surface area contributed by atoms with Gasteiger partial charge in [-0.2, -0.15) is 0 Å². The summed E-state index contributed by atoms with van der Waals surface area (Å²) in [5.41, 5.74) is 1.34. The van der Waals surface area contributed by atoms with Crippen LogP contribution in [0.25, 0.3) is 11.3 Å². The molecule has 152 valence electrons. The monoisotopic (exact) mass is 410 g/mol. The van der Waals surface area contributed by atoms with Gasteiger partial charge in [-0.05, 0) is 62.3 Å². The van der Waals surface area contributed by atoms with Gasteiger partial charge in [0.25, 0.3) is 0 Å². The summed E-state index contributed by atoms with van der Waals surface area (Å²) in [7, 11) is 0. The largest absolute Gasteiger partial charge is 0.477 e. The van der Waals surface area contributed by atoms with Gasteiger partial charge in [0.05, 0.1) is 10.7 Å². The highest BCUT2D eigenvalue weighted by atomic mass is 32.1. The van der Waals surface area contributed by atoms with E-state index in [4.69, 9.17) is 9.72 Å². The molecule has 1 fully saturated rings. The van der Waals surface area contributed by atoms with Crippen molar-refractivity contribution in [1.82, 2.24) is 10.3 Å². The molecular weight excluding hydrogens is 384 g/mol. The third-order valence-corrected chi connectivity index (χ3v) is 5.84. The van der Waals surface area contributed by atoms with Gasteiger partial charge in [0.2, 0.25) is 0 Å². The minimum atomic E-state index is -0.924. The summed E-state index contributed by atoms with van der Waals surface area (Å²) in [4.78, 5) is 16.7. The molecule has 1 aromatic heterocycles. The smallest absolute Gasteiger partial charge is 0.348 e. The summed E-state index contributed by atoms with van der Waals surface area (Å²) < 4.78 is 5.81. The average molecular weight is 411 g/mol. The van der Waals surface area contributed by atoms with Crippen LogP contribution in [0.15, 0.2) is 54.6 Å². The third-order valence-electron chi connectivity index (χ3n) is 4.63. The van der Waals surface area contributed by atoms with Crippen molar-refractivity contribution in [2.45, 2.75) is 32.6 Å². The molecule has 2 N–H and O–H groups in total. The van der Waals surface area contributed by atoms with Crippen molar-refractivity contribution >= 4 is 17.3 Å². The van der Waals surface area contributed by atoms with Crippen molar-refractivity contribution in [2.24, 2.45) is 0 Å². The van der Waals surface area contributed by atoms with Gasteiger partial charge in [0.1, 0.15) is 16.4 Å². The van der Waals surface area contributed by atoms with Crippen LogP contribution in [0.4, 0.5) is 0 Å². The normalized spacial score (nSPS) is 14.0. The lowest BCUT2D eigenvalue weighted by Gasteiger charge is -2.20. The number of piperidine rings is 1. The zero-order valence-electron chi connectivity index (χ0n) is 16.7. The Balaban J connectivity index is 0.00000117. The third kappa shape index (κ3) is 5.22. The maximum Gasteiger partial charge on any atom is 0.348 e. The number of carboxylic acids is 1. The molecule has 0 spiro atoms. The van der Waals surface area contributed by atoms with Crippen LogP contribution < -0.4 is 10.1 Å². The standard InChI is InChI=1S/C21H20N2O3S.C2H6/c24-21(25)19-18(23-20(27-19)15-10-12-22-13-11-15)14-6-8-17(9-7-14)26-16-4-2-1-3-5-16;1-2/h1-9,15,22H,10-13H2,(H,24,25);1-2H3. The number of nitrogens with one attached hydrogen (secondary N) is 1. The molecule has 1 aliphatic heterocycles. The molecule has 0 saturated carbocycles. The van der Waals surface area contributed by atoms with Gasteiger partial charge in [-0.25, -0.2) is 9.78 Å². The Labute approximate surface area is 175 Å². The maximum absolute atomic E-state index is 11.7. The second-order valence-electron chi connectivity index (χ2n) is 6.50. The van der Waals surface area contributed by atoms with Gasteiger partial charge >= 0.3 is 5.97 Å². The van der Waals surface area contributed by atoms with Gasteiger partial charge in [0, 0.05) is 11.5 Å². The molecule has 5 nitrogen and oxygen atoms in total. The molecule has 1 saturated heterocycles. The predicted molar refractivity (Wildman–Crippen MR) is 117 cm³/mol. The van der Waals surface area contributed by atoms with Gasteiger partial charge in [-0.1, -0.05) is 32.0 Å². The molecule has 0 radical (unpaired) electrons. The first-order valence-electron chi connectivity index (χ1n) is 9.99. The zero-order valence-corrected chi connectivity index (χ0v) is 17.5.